The second-order valence-electron chi connectivity index (χ2n) is 4.67. The molecule has 1 aliphatic heterocycles. The molecular formula is C11H14FNO4S2. The van der Waals surface area contributed by atoms with E-state index in [9.17, 15) is 20.7 Å². The van der Waals surface area contributed by atoms with Crippen molar-refractivity contribution in [2.24, 2.45) is 5.92 Å². The molecule has 5 nitrogen and oxygen atoms in total. The summed E-state index contributed by atoms with van der Waals surface area (Å²) in [6.07, 6.45) is 0.802. The minimum Gasteiger partial charge on any atom is -0.207 e. The van der Waals surface area contributed by atoms with Crippen molar-refractivity contribution in [3.05, 3.63) is 24.3 Å². The topological polar surface area (TPSA) is 71.5 Å². The zero-order chi connectivity index (χ0) is 14.3. The predicted molar refractivity (Wildman–Crippen MR) is 67.3 cm³/mol. The van der Waals surface area contributed by atoms with Crippen molar-refractivity contribution in [1.29, 1.82) is 0 Å². The van der Waals surface area contributed by atoms with Gasteiger partial charge < -0.3 is 0 Å². The highest BCUT2D eigenvalue weighted by molar-refractivity contribution is 7.89. The minimum absolute atomic E-state index is 0.0194. The highest BCUT2D eigenvalue weighted by atomic mass is 32.3. The first-order valence-corrected chi connectivity index (χ1v) is 8.58. The Labute approximate surface area is 112 Å². The van der Waals surface area contributed by atoms with Crippen LogP contribution in [-0.2, 0) is 20.2 Å². The van der Waals surface area contributed by atoms with E-state index in [1.54, 1.807) is 0 Å². The second kappa shape index (κ2) is 4.84. The normalized spacial score (nSPS) is 21.7. The van der Waals surface area contributed by atoms with Crippen molar-refractivity contribution in [3.8, 4) is 0 Å². The number of benzene rings is 1. The summed E-state index contributed by atoms with van der Waals surface area (Å²) in [4.78, 5) is -0.560. The molecule has 1 saturated heterocycles. The molecule has 1 aliphatic rings. The maximum atomic E-state index is 12.7. The van der Waals surface area contributed by atoms with Crippen molar-refractivity contribution in [1.82, 2.24) is 4.31 Å². The summed E-state index contributed by atoms with van der Waals surface area (Å²) < 4.78 is 59.9. The molecule has 19 heavy (non-hydrogen) atoms. The highest BCUT2D eigenvalue weighted by Crippen LogP contribution is 2.25. The lowest BCUT2D eigenvalue weighted by Crippen LogP contribution is -2.28. The largest absolute Gasteiger partial charge is 0.332 e. The molecule has 0 saturated carbocycles. The minimum atomic E-state index is -4.80. The summed E-state index contributed by atoms with van der Waals surface area (Å²) in [7, 11) is -8.42. The SMILES string of the molecule is CC1CCN(S(=O)(=O)c2ccc(S(=O)(=O)F)cc2)C1. The fourth-order valence-electron chi connectivity index (χ4n) is 2.04. The van der Waals surface area contributed by atoms with Crippen LogP contribution >= 0.6 is 0 Å². The third-order valence-electron chi connectivity index (χ3n) is 3.13. The van der Waals surface area contributed by atoms with Crippen LogP contribution in [0.25, 0.3) is 0 Å². The molecule has 0 bridgehead atoms. The lowest BCUT2D eigenvalue weighted by Gasteiger charge is -2.15. The van der Waals surface area contributed by atoms with E-state index in [0.29, 0.717) is 19.0 Å². The van der Waals surface area contributed by atoms with Crippen LogP contribution in [0.15, 0.2) is 34.1 Å². The van der Waals surface area contributed by atoms with Crippen LogP contribution in [0.3, 0.4) is 0 Å². The molecule has 2 rings (SSSR count). The van der Waals surface area contributed by atoms with E-state index in [-0.39, 0.29) is 4.90 Å². The third kappa shape index (κ3) is 2.96. The third-order valence-corrected chi connectivity index (χ3v) is 5.84. The molecule has 1 heterocycles. The molecular weight excluding hydrogens is 293 g/mol. The molecule has 0 amide bonds. The monoisotopic (exact) mass is 307 g/mol. The maximum Gasteiger partial charge on any atom is 0.332 e. The van der Waals surface area contributed by atoms with Gasteiger partial charge in [-0.15, -0.1) is 3.89 Å². The van der Waals surface area contributed by atoms with E-state index in [2.05, 4.69) is 0 Å². The summed E-state index contributed by atoms with van der Waals surface area (Å²) in [5, 5.41) is 0. The van der Waals surface area contributed by atoms with Gasteiger partial charge in [-0.25, -0.2) is 8.42 Å². The van der Waals surface area contributed by atoms with Crippen LogP contribution < -0.4 is 0 Å². The van der Waals surface area contributed by atoms with Crippen molar-refractivity contribution in [2.45, 2.75) is 23.1 Å². The number of hydrogen-bond donors (Lipinski definition) is 0. The van der Waals surface area contributed by atoms with E-state index in [1.807, 2.05) is 6.92 Å². The van der Waals surface area contributed by atoms with E-state index < -0.39 is 25.1 Å². The van der Waals surface area contributed by atoms with Crippen LogP contribution in [0.1, 0.15) is 13.3 Å². The van der Waals surface area contributed by atoms with E-state index >= 15 is 0 Å². The predicted octanol–water partition coefficient (Wildman–Crippen LogP) is 1.38. The Morgan fingerprint density at radius 2 is 1.63 bits per heavy atom. The summed E-state index contributed by atoms with van der Waals surface area (Å²) in [5.74, 6) is 0.306. The van der Waals surface area contributed by atoms with Gasteiger partial charge in [0.25, 0.3) is 0 Å². The summed E-state index contributed by atoms with van der Waals surface area (Å²) in [6, 6.07) is 4.15. The quantitative estimate of drug-likeness (QED) is 0.791. The molecule has 106 valence electrons. The Balaban J connectivity index is 2.32. The van der Waals surface area contributed by atoms with Crippen molar-refractivity contribution in [2.75, 3.05) is 13.1 Å². The van der Waals surface area contributed by atoms with Crippen LogP contribution in [0.5, 0.6) is 0 Å². The number of hydrogen-bond acceptors (Lipinski definition) is 4. The van der Waals surface area contributed by atoms with Crippen LogP contribution in [0.4, 0.5) is 3.89 Å². The van der Waals surface area contributed by atoms with Gasteiger partial charge in [0.2, 0.25) is 10.0 Å². The van der Waals surface area contributed by atoms with Gasteiger partial charge in [0.1, 0.15) is 0 Å². The molecule has 0 radical (unpaired) electrons. The Morgan fingerprint density at radius 3 is 2.05 bits per heavy atom. The van der Waals surface area contributed by atoms with Gasteiger partial charge >= 0.3 is 10.2 Å². The maximum absolute atomic E-state index is 12.7. The Bertz CT molecular complexity index is 667. The zero-order valence-electron chi connectivity index (χ0n) is 10.3. The van der Waals surface area contributed by atoms with Gasteiger partial charge in [-0.1, -0.05) is 6.92 Å². The van der Waals surface area contributed by atoms with E-state index in [0.717, 1.165) is 30.7 Å². The standard InChI is InChI=1S/C11H14FNO4S2/c1-9-6-7-13(8-9)19(16,17)11-4-2-10(3-5-11)18(12,14)15/h2-5,9H,6-8H2,1H3. The fourth-order valence-corrected chi connectivity index (χ4v) is 4.07. The molecule has 0 aromatic heterocycles. The molecule has 0 N–H and O–H groups in total. The molecule has 1 atom stereocenters. The molecule has 1 aromatic rings. The van der Waals surface area contributed by atoms with Gasteiger partial charge in [0.15, 0.2) is 0 Å². The average Bonchev–Trinajstić information content (AvgIpc) is 2.76. The smallest absolute Gasteiger partial charge is 0.207 e. The fraction of sp³-hybridized carbons (Fsp3) is 0.455. The van der Waals surface area contributed by atoms with E-state index in [1.165, 1.54) is 4.31 Å². The summed E-state index contributed by atoms with van der Waals surface area (Å²) in [6.45, 7) is 2.87. The van der Waals surface area contributed by atoms with Crippen molar-refractivity contribution < 1.29 is 20.7 Å². The van der Waals surface area contributed by atoms with Crippen molar-refractivity contribution >= 4 is 20.2 Å². The molecule has 1 aromatic carbocycles. The number of rotatable bonds is 3. The lowest BCUT2D eigenvalue weighted by molar-refractivity contribution is 0.464. The molecule has 8 heteroatoms. The molecule has 1 fully saturated rings. The molecule has 1 unspecified atom stereocenters. The van der Waals surface area contributed by atoms with Gasteiger partial charge in [0.05, 0.1) is 9.79 Å². The first kappa shape index (κ1) is 14.4. The Morgan fingerprint density at radius 1 is 1.11 bits per heavy atom. The van der Waals surface area contributed by atoms with E-state index in [4.69, 9.17) is 0 Å². The van der Waals surface area contributed by atoms with Gasteiger partial charge in [-0.2, -0.15) is 12.7 Å². The summed E-state index contributed by atoms with van der Waals surface area (Å²) >= 11 is 0. The first-order chi connectivity index (χ1) is 8.71. The summed E-state index contributed by atoms with van der Waals surface area (Å²) in [5.41, 5.74) is 0. The zero-order valence-corrected chi connectivity index (χ0v) is 11.9. The number of nitrogens with zero attached hydrogens (tertiary/aromatic N) is 1. The first-order valence-electron chi connectivity index (χ1n) is 5.76. The van der Waals surface area contributed by atoms with Crippen molar-refractivity contribution in [3.63, 3.8) is 0 Å². The number of sulfonamides is 1. The van der Waals surface area contributed by atoms with Crippen LogP contribution in [0.2, 0.25) is 0 Å². The van der Waals surface area contributed by atoms with Crippen LogP contribution in [0, 0.1) is 5.92 Å². The Hall–Kier alpha value is -0.990. The second-order valence-corrected chi connectivity index (χ2v) is 7.95. The Kier molecular flexibility index (Phi) is 3.67. The lowest BCUT2D eigenvalue weighted by atomic mass is 10.2. The highest BCUT2D eigenvalue weighted by Gasteiger charge is 2.30. The van der Waals surface area contributed by atoms with Gasteiger partial charge in [-0.3, -0.25) is 0 Å². The van der Waals surface area contributed by atoms with Gasteiger partial charge in [-0.05, 0) is 36.6 Å². The molecule has 0 spiro atoms. The molecule has 0 aliphatic carbocycles. The van der Waals surface area contributed by atoms with Gasteiger partial charge in [0, 0.05) is 13.1 Å². The average molecular weight is 307 g/mol. The number of halogens is 1. The van der Waals surface area contributed by atoms with Crippen LogP contribution in [-0.4, -0.2) is 34.2 Å².